The summed E-state index contributed by atoms with van der Waals surface area (Å²) in [5.74, 6) is 1.01. The largest absolute Gasteiger partial charge is 0.346 e. The molecule has 0 bridgehead atoms. The van der Waals surface area contributed by atoms with Crippen LogP contribution in [0.25, 0.3) is 11.0 Å². The molecule has 0 saturated carbocycles. The SMILES string of the molecule is CC(c1ncnc2[nH]ccc12)C1CN(C(=O)CC#N)CC[C@H]1C. The number of rotatable bonds is 3. The Bertz CT molecular complexity index is 747. The quantitative estimate of drug-likeness (QED) is 0.943. The molecule has 0 aromatic carbocycles. The first-order valence-electron chi connectivity index (χ1n) is 8.04. The van der Waals surface area contributed by atoms with Gasteiger partial charge in [-0.1, -0.05) is 13.8 Å². The Balaban J connectivity index is 1.85. The average molecular weight is 311 g/mol. The van der Waals surface area contributed by atoms with Crippen LogP contribution in [0.2, 0.25) is 0 Å². The number of nitriles is 1. The molecule has 1 amide bonds. The molecular formula is C17H21N5O. The fourth-order valence-electron chi connectivity index (χ4n) is 3.61. The van der Waals surface area contributed by atoms with E-state index in [-0.39, 0.29) is 18.2 Å². The van der Waals surface area contributed by atoms with Crippen molar-refractivity contribution in [1.82, 2.24) is 19.9 Å². The first-order chi connectivity index (χ1) is 11.1. The van der Waals surface area contributed by atoms with E-state index in [9.17, 15) is 4.79 Å². The first kappa shape index (κ1) is 15.5. The van der Waals surface area contributed by atoms with Crippen LogP contribution >= 0.6 is 0 Å². The summed E-state index contributed by atoms with van der Waals surface area (Å²) >= 11 is 0. The maximum Gasteiger partial charge on any atom is 0.236 e. The fraction of sp³-hybridized carbons (Fsp3) is 0.529. The number of H-pyrrole nitrogens is 1. The first-order valence-corrected chi connectivity index (χ1v) is 8.04. The maximum atomic E-state index is 12.1. The number of carbonyl (C=O) groups is 1. The zero-order valence-electron chi connectivity index (χ0n) is 13.5. The van der Waals surface area contributed by atoms with Crippen molar-refractivity contribution in [3.8, 4) is 6.07 Å². The van der Waals surface area contributed by atoms with Gasteiger partial charge in [-0.3, -0.25) is 4.79 Å². The van der Waals surface area contributed by atoms with Crippen LogP contribution in [-0.4, -0.2) is 38.8 Å². The van der Waals surface area contributed by atoms with Crippen molar-refractivity contribution in [3.05, 3.63) is 24.3 Å². The van der Waals surface area contributed by atoms with Crippen LogP contribution in [0.5, 0.6) is 0 Å². The van der Waals surface area contributed by atoms with Gasteiger partial charge in [0.05, 0.1) is 11.8 Å². The molecule has 0 aliphatic carbocycles. The molecule has 1 aliphatic heterocycles. The number of likely N-dealkylation sites (tertiary alicyclic amines) is 1. The zero-order valence-corrected chi connectivity index (χ0v) is 13.5. The number of fused-ring (bicyclic) bond motifs is 1. The van der Waals surface area contributed by atoms with E-state index in [2.05, 4.69) is 28.8 Å². The molecule has 2 aromatic rings. The van der Waals surface area contributed by atoms with Crippen molar-refractivity contribution in [1.29, 1.82) is 5.26 Å². The van der Waals surface area contributed by atoms with Gasteiger partial charge >= 0.3 is 0 Å². The van der Waals surface area contributed by atoms with Gasteiger partial charge < -0.3 is 9.88 Å². The minimum atomic E-state index is -0.0638. The van der Waals surface area contributed by atoms with E-state index in [1.165, 1.54) is 0 Å². The van der Waals surface area contributed by atoms with Crippen molar-refractivity contribution in [2.24, 2.45) is 11.8 Å². The van der Waals surface area contributed by atoms with Gasteiger partial charge in [0.1, 0.15) is 18.4 Å². The Morgan fingerprint density at radius 1 is 1.57 bits per heavy atom. The van der Waals surface area contributed by atoms with Crippen LogP contribution in [-0.2, 0) is 4.79 Å². The smallest absolute Gasteiger partial charge is 0.236 e. The van der Waals surface area contributed by atoms with Crippen molar-refractivity contribution in [3.63, 3.8) is 0 Å². The second-order valence-corrected chi connectivity index (χ2v) is 6.39. The Hall–Kier alpha value is -2.42. The van der Waals surface area contributed by atoms with Gasteiger partial charge in [0.2, 0.25) is 5.91 Å². The lowest BCUT2D eigenvalue weighted by atomic mass is 9.77. The lowest BCUT2D eigenvalue weighted by Crippen LogP contribution is -2.44. The van der Waals surface area contributed by atoms with Gasteiger partial charge in [-0.05, 0) is 24.3 Å². The normalized spacial score (nSPS) is 22.7. The van der Waals surface area contributed by atoms with Gasteiger partial charge in [-0.25, -0.2) is 9.97 Å². The Kier molecular flexibility index (Phi) is 4.28. The Morgan fingerprint density at radius 3 is 3.17 bits per heavy atom. The number of nitrogens with one attached hydrogen (secondary N) is 1. The fourth-order valence-corrected chi connectivity index (χ4v) is 3.61. The van der Waals surface area contributed by atoms with Crippen LogP contribution in [0, 0.1) is 23.2 Å². The van der Waals surface area contributed by atoms with E-state index < -0.39 is 0 Å². The highest BCUT2D eigenvalue weighted by atomic mass is 16.2. The summed E-state index contributed by atoms with van der Waals surface area (Å²) in [7, 11) is 0. The van der Waals surface area contributed by atoms with E-state index in [4.69, 9.17) is 5.26 Å². The van der Waals surface area contributed by atoms with Crippen molar-refractivity contribution in [2.75, 3.05) is 13.1 Å². The lowest BCUT2D eigenvalue weighted by molar-refractivity contribution is -0.132. The van der Waals surface area contributed by atoms with Crippen molar-refractivity contribution < 1.29 is 4.79 Å². The summed E-state index contributed by atoms with van der Waals surface area (Å²) in [6, 6.07) is 3.96. The van der Waals surface area contributed by atoms with Crippen LogP contribution in [0.15, 0.2) is 18.6 Å². The highest BCUT2D eigenvalue weighted by Gasteiger charge is 2.34. The highest BCUT2D eigenvalue weighted by molar-refractivity contribution is 5.79. The molecule has 2 aromatic heterocycles. The zero-order chi connectivity index (χ0) is 16.4. The molecule has 120 valence electrons. The second kappa shape index (κ2) is 6.37. The third-order valence-corrected chi connectivity index (χ3v) is 5.06. The van der Waals surface area contributed by atoms with Crippen LogP contribution in [0.4, 0.5) is 0 Å². The molecule has 3 rings (SSSR count). The molecule has 6 heteroatoms. The Morgan fingerprint density at radius 2 is 2.39 bits per heavy atom. The van der Waals surface area contributed by atoms with Gasteiger partial charge in [0.15, 0.2) is 0 Å². The number of hydrogen-bond acceptors (Lipinski definition) is 4. The standard InChI is InChI=1S/C17H21N5O/c1-11-5-8-22(15(23)3-6-18)9-14(11)12(2)16-13-4-7-19-17(13)21-10-20-16/h4,7,10-12,14H,3,5,8-9H2,1-2H3,(H,19,20,21)/t11-,12?,14?/m1/s1. The summed E-state index contributed by atoms with van der Waals surface area (Å²) in [6.07, 6.45) is 4.40. The number of aromatic nitrogens is 3. The molecule has 1 aliphatic rings. The van der Waals surface area contributed by atoms with Gasteiger partial charge in [-0.15, -0.1) is 0 Å². The van der Waals surface area contributed by atoms with Gasteiger partial charge in [0, 0.05) is 30.6 Å². The topological polar surface area (TPSA) is 85.7 Å². The summed E-state index contributed by atoms with van der Waals surface area (Å²) in [4.78, 5) is 25.8. The second-order valence-electron chi connectivity index (χ2n) is 6.39. The van der Waals surface area contributed by atoms with E-state index in [1.54, 1.807) is 6.33 Å². The molecule has 6 nitrogen and oxygen atoms in total. The van der Waals surface area contributed by atoms with Crippen molar-refractivity contribution in [2.45, 2.75) is 32.6 Å². The number of carbonyl (C=O) groups excluding carboxylic acids is 1. The minimum Gasteiger partial charge on any atom is -0.346 e. The molecule has 1 N–H and O–H groups in total. The van der Waals surface area contributed by atoms with Crippen LogP contribution in [0.1, 0.15) is 38.3 Å². The molecule has 1 fully saturated rings. The van der Waals surface area contributed by atoms with Gasteiger partial charge in [0.25, 0.3) is 0 Å². The summed E-state index contributed by atoms with van der Waals surface area (Å²) in [5, 5.41) is 9.80. The van der Waals surface area contributed by atoms with Crippen LogP contribution in [0.3, 0.4) is 0 Å². The molecule has 3 heterocycles. The number of hydrogen-bond donors (Lipinski definition) is 1. The monoisotopic (exact) mass is 311 g/mol. The minimum absolute atomic E-state index is 0.0367. The van der Waals surface area contributed by atoms with Crippen molar-refractivity contribution >= 4 is 16.9 Å². The molecule has 1 saturated heterocycles. The molecule has 2 unspecified atom stereocenters. The number of nitrogens with zero attached hydrogens (tertiary/aromatic N) is 4. The van der Waals surface area contributed by atoms with E-state index >= 15 is 0 Å². The summed E-state index contributed by atoms with van der Waals surface area (Å²) in [5.41, 5.74) is 1.88. The summed E-state index contributed by atoms with van der Waals surface area (Å²) < 4.78 is 0. The maximum absolute atomic E-state index is 12.1. The highest BCUT2D eigenvalue weighted by Crippen LogP contribution is 2.36. The number of aromatic amines is 1. The molecule has 0 radical (unpaired) electrons. The molecular weight excluding hydrogens is 290 g/mol. The molecule has 23 heavy (non-hydrogen) atoms. The number of piperidine rings is 1. The van der Waals surface area contributed by atoms with E-state index in [1.807, 2.05) is 23.2 Å². The van der Waals surface area contributed by atoms with E-state index in [0.717, 1.165) is 29.7 Å². The third-order valence-electron chi connectivity index (χ3n) is 5.06. The third kappa shape index (κ3) is 2.91. The number of amides is 1. The lowest BCUT2D eigenvalue weighted by Gasteiger charge is -2.39. The predicted molar refractivity (Wildman–Crippen MR) is 86.4 cm³/mol. The van der Waals surface area contributed by atoms with E-state index in [0.29, 0.717) is 18.4 Å². The average Bonchev–Trinajstić information content (AvgIpc) is 3.03. The van der Waals surface area contributed by atoms with Gasteiger partial charge in [-0.2, -0.15) is 5.26 Å². The molecule has 3 atom stereocenters. The van der Waals surface area contributed by atoms with Crippen LogP contribution < -0.4 is 0 Å². The summed E-state index contributed by atoms with van der Waals surface area (Å²) in [6.45, 7) is 5.85. The Labute approximate surface area is 135 Å². The predicted octanol–water partition coefficient (Wildman–Crippen LogP) is 2.46. The molecule has 0 spiro atoms.